The highest BCUT2D eigenvalue weighted by atomic mass is 15.2. The average molecular weight is 704 g/mol. The van der Waals surface area contributed by atoms with Crippen LogP contribution in [0.15, 0.2) is 176 Å². The molecule has 0 radical (unpaired) electrons. The lowest BCUT2D eigenvalue weighted by atomic mass is 9.66. The fourth-order valence-corrected chi connectivity index (χ4v) is 10.0. The zero-order chi connectivity index (χ0) is 37.1. The number of hydrogen-bond acceptors (Lipinski definition) is 1. The minimum atomic E-state index is -0.204. The second-order valence-corrected chi connectivity index (χ2v) is 16.5. The van der Waals surface area contributed by atoms with Gasteiger partial charge in [-0.2, -0.15) is 0 Å². The summed E-state index contributed by atoms with van der Waals surface area (Å²) in [6.07, 6.45) is 0. The Morgan fingerprint density at radius 2 is 0.800 bits per heavy atom. The molecule has 0 unspecified atom stereocenters. The average Bonchev–Trinajstić information content (AvgIpc) is 3.22. The quantitative estimate of drug-likeness (QED) is 0.166. The lowest BCUT2D eigenvalue weighted by Gasteiger charge is -2.49. The summed E-state index contributed by atoms with van der Waals surface area (Å²) in [4.78, 5) is 2.55. The van der Waals surface area contributed by atoms with E-state index < -0.39 is 0 Å². The summed E-state index contributed by atoms with van der Waals surface area (Å²) < 4.78 is 0. The molecule has 0 saturated heterocycles. The molecule has 2 aliphatic rings. The van der Waals surface area contributed by atoms with Gasteiger partial charge in [0.1, 0.15) is 0 Å². The zero-order valence-corrected chi connectivity index (χ0v) is 31.7. The van der Waals surface area contributed by atoms with E-state index in [4.69, 9.17) is 0 Å². The predicted octanol–water partition coefficient (Wildman–Crippen LogP) is 14.9. The molecule has 2 heterocycles. The highest BCUT2D eigenvalue weighted by Gasteiger charge is 2.45. The van der Waals surface area contributed by atoms with Crippen LogP contribution in [0.4, 0.5) is 17.1 Å². The first-order chi connectivity index (χ1) is 26.8. The fourth-order valence-electron chi connectivity index (χ4n) is 10.0. The van der Waals surface area contributed by atoms with Crippen LogP contribution in [0.25, 0.3) is 65.7 Å². The van der Waals surface area contributed by atoms with Gasteiger partial charge in [-0.3, -0.25) is 0 Å². The van der Waals surface area contributed by atoms with Crippen LogP contribution in [0.5, 0.6) is 0 Å². The molecule has 55 heavy (non-hydrogen) atoms. The van der Waals surface area contributed by atoms with Gasteiger partial charge in [0.05, 0.1) is 17.1 Å². The van der Waals surface area contributed by atoms with Crippen LogP contribution in [-0.2, 0) is 10.8 Å². The Balaban J connectivity index is 1.13. The van der Waals surface area contributed by atoms with Gasteiger partial charge >= 0.3 is 0 Å². The van der Waals surface area contributed by atoms with E-state index in [1.165, 1.54) is 105 Å². The summed E-state index contributed by atoms with van der Waals surface area (Å²) in [5, 5.41) is 7.61. The number of fused-ring (bicyclic) bond motifs is 7. The molecule has 0 amide bonds. The minimum absolute atomic E-state index is 0.0967. The van der Waals surface area contributed by atoms with Gasteiger partial charge in [-0.1, -0.05) is 173 Å². The molecule has 2 aliphatic heterocycles. The molecule has 1 heteroatoms. The summed E-state index contributed by atoms with van der Waals surface area (Å²) in [7, 11) is 0. The fraction of sp³-hybridized carbons (Fsp3) is 0.111. The molecular weight excluding hydrogens is 663 g/mol. The number of para-hydroxylation sites is 2. The topological polar surface area (TPSA) is 3.24 Å². The van der Waals surface area contributed by atoms with Gasteiger partial charge in [0.2, 0.25) is 0 Å². The highest BCUT2D eigenvalue weighted by Crippen LogP contribution is 2.60. The minimum Gasteiger partial charge on any atom is -0.309 e. The molecule has 9 aromatic carbocycles. The Kier molecular flexibility index (Phi) is 6.72. The maximum atomic E-state index is 2.55. The summed E-state index contributed by atoms with van der Waals surface area (Å²) in [6.45, 7) is 9.59. The number of benzene rings is 9. The summed E-state index contributed by atoms with van der Waals surface area (Å²) in [6, 6.07) is 65.8. The molecule has 1 nitrogen and oxygen atoms in total. The van der Waals surface area contributed by atoms with Gasteiger partial charge in [-0.15, -0.1) is 0 Å². The van der Waals surface area contributed by atoms with Crippen molar-refractivity contribution in [2.75, 3.05) is 4.90 Å². The Hall–Kier alpha value is -6.44. The van der Waals surface area contributed by atoms with E-state index in [1.807, 2.05) is 0 Å². The molecule has 0 N–H and O–H groups in total. The lowest BCUT2D eigenvalue weighted by Crippen LogP contribution is -2.38. The number of anilines is 3. The summed E-state index contributed by atoms with van der Waals surface area (Å²) >= 11 is 0. The van der Waals surface area contributed by atoms with Crippen LogP contribution in [0.3, 0.4) is 0 Å². The van der Waals surface area contributed by atoms with Crippen LogP contribution in [-0.4, -0.2) is 0 Å². The van der Waals surface area contributed by atoms with Gasteiger partial charge < -0.3 is 4.90 Å². The molecule has 0 saturated carbocycles. The molecule has 0 bridgehead atoms. The van der Waals surface area contributed by atoms with Crippen molar-refractivity contribution >= 4 is 49.4 Å². The molecule has 0 fully saturated rings. The van der Waals surface area contributed by atoms with Crippen LogP contribution in [0.2, 0.25) is 0 Å². The van der Waals surface area contributed by atoms with Gasteiger partial charge in [0.15, 0.2) is 0 Å². The normalized spacial score (nSPS) is 14.8. The van der Waals surface area contributed by atoms with Crippen molar-refractivity contribution in [3.05, 3.63) is 198 Å². The largest absolute Gasteiger partial charge is 0.309 e. The van der Waals surface area contributed by atoms with Crippen LogP contribution >= 0.6 is 0 Å². The molecule has 0 aromatic heterocycles. The van der Waals surface area contributed by atoms with Crippen molar-refractivity contribution in [2.24, 2.45) is 0 Å². The maximum Gasteiger partial charge on any atom is 0.0543 e. The number of nitrogens with zero attached hydrogens (tertiary/aromatic N) is 1. The number of rotatable bonds is 3. The lowest BCUT2D eigenvalue weighted by molar-refractivity contribution is 0.597. The first-order valence-electron chi connectivity index (χ1n) is 19.5. The van der Waals surface area contributed by atoms with E-state index in [2.05, 4.69) is 209 Å². The van der Waals surface area contributed by atoms with E-state index in [-0.39, 0.29) is 10.8 Å². The van der Waals surface area contributed by atoms with Crippen molar-refractivity contribution < 1.29 is 0 Å². The molecule has 0 aliphatic carbocycles. The monoisotopic (exact) mass is 703 g/mol. The third kappa shape index (κ3) is 4.53. The van der Waals surface area contributed by atoms with Crippen LogP contribution in [0.1, 0.15) is 49.9 Å². The second-order valence-electron chi connectivity index (χ2n) is 16.5. The van der Waals surface area contributed by atoms with Gasteiger partial charge in [-0.05, 0) is 118 Å². The Morgan fingerprint density at radius 1 is 0.327 bits per heavy atom. The Labute approximate surface area is 323 Å². The number of hydrogen-bond donors (Lipinski definition) is 0. The Morgan fingerprint density at radius 3 is 1.49 bits per heavy atom. The zero-order valence-electron chi connectivity index (χ0n) is 31.7. The van der Waals surface area contributed by atoms with E-state index in [1.54, 1.807) is 0 Å². The molecule has 11 rings (SSSR count). The SMILES string of the molecule is CC1(C)c2ccccc2N2c3ccc(-c4c5ccccc5c(-c5cccc(-c6ccc7ccccc7c6)c5)c5ccccc45)cc3C(C)(C)c3cccc1c32. The highest BCUT2D eigenvalue weighted by molar-refractivity contribution is 6.21. The van der Waals surface area contributed by atoms with Gasteiger partial charge in [-0.25, -0.2) is 0 Å². The second kappa shape index (κ2) is 11.5. The van der Waals surface area contributed by atoms with Crippen molar-refractivity contribution in [2.45, 2.75) is 38.5 Å². The van der Waals surface area contributed by atoms with Gasteiger partial charge in [0.25, 0.3) is 0 Å². The van der Waals surface area contributed by atoms with E-state index in [9.17, 15) is 0 Å². The third-order valence-corrected chi connectivity index (χ3v) is 12.8. The van der Waals surface area contributed by atoms with E-state index in [0.29, 0.717) is 0 Å². The van der Waals surface area contributed by atoms with Crippen LogP contribution < -0.4 is 4.90 Å². The van der Waals surface area contributed by atoms with E-state index in [0.717, 1.165) is 0 Å². The summed E-state index contributed by atoms with van der Waals surface area (Å²) in [5.41, 5.74) is 16.6. The summed E-state index contributed by atoms with van der Waals surface area (Å²) in [5.74, 6) is 0. The van der Waals surface area contributed by atoms with Gasteiger partial charge in [0, 0.05) is 10.8 Å². The Bertz CT molecular complexity index is 2990. The van der Waals surface area contributed by atoms with Crippen molar-refractivity contribution in [1.82, 2.24) is 0 Å². The molecular formula is C54H41N. The molecule has 262 valence electrons. The standard InChI is InChI=1S/C54H41N/c1-53(2)44-23-11-12-26-48(44)55-49-30-29-39(33-47(49)54(3,4)46-25-14-24-45(53)52(46)55)51-42-21-9-7-19-40(42)50(41-20-8-10-22-43(41)51)38-18-13-17-36(32-38)37-28-27-34-15-5-6-16-35(34)31-37/h5-33H,1-4H3. The smallest absolute Gasteiger partial charge is 0.0543 e. The van der Waals surface area contributed by atoms with Crippen molar-refractivity contribution in [1.29, 1.82) is 0 Å². The molecule has 0 atom stereocenters. The third-order valence-electron chi connectivity index (χ3n) is 12.8. The van der Waals surface area contributed by atoms with Crippen molar-refractivity contribution in [3.8, 4) is 33.4 Å². The first-order valence-corrected chi connectivity index (χ1v) is 19.5. The van der Waals surface area contributed by atoms with Crippen molar-refractivity contribution in [3.63, 3.8) is 0 Å². The molecule has 0 spiro atoms. The van der Waals surface area contributed by atoms with E-state index >= 15 is 0 Å². The first kappa shape index (κ1) is 32.0. The van der Waals surface area contributed by atoms with Crippen LogP contribution in [0, 0.1) is 0 Å². The molecule has 9 aromatic rings. The maximum absolute atomic E-state index is 2.55. The predicted molar refractivity (Wildman–Crippen MR) is 234 cm³/mol.